The van der Waals surface area contributed by atoms with Crippen molar-refractivity contribution in [3.63, 3.8) is 0 Å². The van der Waals surface area contributed by atoms with E-state index >= 15 is 0 Å². The molecule has 4 nitrogen and oxygen atoms in total. The molecule has 2 unspecified atom stereocenters. The van der Waals surface area contributed by atoms with Crippen LogP contribution in [-0.2, 0) is 4.79 Å². The molecule has 72 valence electrons. The number of carboxylic acids is 1. The highest BCUT2D eigenvalue weighted by Gasteiger charge is 2.18. The summed E-state index contributed by atoms with van der Waals surface area (Å²) in [7, 11) is 0. The monoisotopic (exact) mass is 175 g/mol. The highest BCUT2D eigenvalue weighted by molar-refractivity contribution is 5.69. The summed E-state index contributed by atoms with van der Waals surface area (Å²) in [6.07, 6.45) is 0.989. The van der Waals surface area contributed by atoms with E-state index in [0.717, 1.165) is 0 Å². The van der Waals surface area contributed by atoms with E-state index in [9.17, 15) is 4.79 Å². The fourth-order valence-electron chi connectivity index (χ4n) is 1.10. The molecule has 0 aromatic rings. The van der Waals surface area contributed by atoms with Gasteiger partial charge in [-0.3, -0.25) is 4.79 Å². The largest absolute Gasteiger partial charge is 0.481 e. The van der Waals surface area contributed by atoms with Gasteiger partial charge in [0.2, 0.25) is 0 Å². The van der Waals surface area contributed by atoms with Crippen LogP contribution in [0.4, 0.5) is 0 Å². The molecule has 0 bridgehead atoms. The Hall–Kier alpha value is -0.610. The van der Waals surface area contributed by atoms with Gasteiger partial charge in [0.25, 0.3) is 0 Å². The summed E-state index contributed by atoms with van der Waals surface area (Å²) in [4.78, 5) is 10.6. The molecule has 4 N–H and O–H groups in total. The third-order valence-electron chi connectivity index (χ3n) is 1.86. The van der Waals surface area contributed by atoms with E-state index < -0.39 is 11.9 Å². The average Bonchev–Trinajstić information content (AvgIpc) is 2.03. The van der Waals surface area contributed by atoms with Gasteiger partial charge in [-0.25, -0.2) is 0 Å². The molecule has 0 aliphatic heterocycles. The fourth-order valence-corrected chi connectivity index (χ4v) is 1.10. The first-order valence-corrected chi connectivity index (χ1v) is 4.15. The van der Waals surface area contributed by atoms with Gasteiger partial charge in [0.15, 0.2) is 0 Å². The standard InChI is InChI=1S/C8H17NO3/c1-6(5-10)4-7(2-3-9)8(11)12/h6-7,10H,2-5,9H2,1H3,(H,11,12). The van der Waals surface area contributed by atoms with Crippen molar-refractivity contribution in [2.45, 2.75) is 19.8 Å². The molecule has 4 heteroatoms. The van der Waals surface area contributed by atoms with Crippen LogP contribution in [0, 0.1) is 11.8 Å². The van der Waals surface area contributed by atoms with Crippen molar-refractivity contribution in [2.24, 2.45) is 17.6 Å². The Labute approximate surface area is 72.4 Å². The van der Waals surface area contributed by atoms with Gasteiger partial charge in [0, 0.05) is 6.61 Å². The molecule has 0 saturated heterocycles. The highest BCUT2D eigenvalue weighted by Crippen LogP contribution is 2.14. The van der Waals surface area contributed by atoms with Crippen molar-refractivity contribution in [1.29, 1.82) is 0 Å². The molecule has 0 spiro atoms. The molecule has 0 aromatic heterocycles. The summed E-state index contributed by atoms with van der Waals surface area (Å²) in [5.74, 6) is -1.18. The van der Waals surface area contributed by atoms with Gasteiger partial charge in [0.1, 0.15) is 0 Å². The molecule has 12 heavy (non-hydrogen) atoms. The van der Waals surface area contributed by atoms with Crippen LogP contribution >= 0.6 is 0 Å². The average molecular weight is 175 g/mol. The van der Waals surface area contributed by atoms with E-state index in [2.05, 4.69) is 0 Å². The van der Waals surface area contributed by atoms with E-state index in [0.29, 0.717) is 19.4 Å². The first kappa shape index (κ1) is 11.4. The lowest BCUT2D eigenvalue weighted by Gasteiger charge is -2.14. The zero-order valence-electron chi connectivity index (χ0n) is 7.36. The zero-order valence-corrected chi connectivity index (χ0v) is 7.36. The predicted molar refractivity (Wildman–Crippen MR) is 45.7 cm³/mol. The van der Waals surface area contributed by atoms with E-state index in [-0.39, 0.29) is 12.5 Å². The Balaban J connectivity index is 3.86. The number of aliphatic hydroxyl groups is 1. The highest BCUT2D eigenvalue weighted by atomic mass is 16.4. The minimum absolute atomic E-state index is 0.0361. The number of aliphatic hydroxyl groups excluding tert-OH is 1. The smallest absolute Gasteiger partial charge is 0.306 e. The van der Waals surface area contributed by atoms with Gasteiger partial charge in [-0.2, -0.15) is 0 Å². The molecular weight excluding hydrogens is 158 g/mol. The quantitative estimate of drug-likeness (QED) is 0.532. The Morgan fingerprint density at radius 1 is 1.58 bits per heavy atom. The number of aliphatic carboxylic acids is 1. The second kappa shape index (κ2) is 5.97. The van der Waals surface area contributed by atoms with Gasteiger partial charge < -0.3 is 15.9 Å². The lowest BCUT2D eigenvalue weighted by atomic mass is 9.94. The SMILES string of the molecule is CC(CO)CC(CCN)C(=O)O. The molecule has 0 aromatic carbocycles. The normalized spacial score (nSPS) is 15.6. The van der Waals surface area contributed by atoms with Crippen molar-refractivity contribution >= 4 is 5.97 Å². The van der Waals surface area contributed by atoms with Crippen LogP contribution in [-0.4, -0.2) is 29.3 Å². The molecule has 0 saturated carbocycles. The van der Waals surface area contributed by atoms with Gasteiger partial charge in [0.05, 0.1) is 5.92 Å². The molecule has 0 fully saturated rings. The van der Waals surface area contributed by atoms with Crippen LogP contribution in [0.5, 0.6) is 0 Å². The summed E-state index contributed by atoms with van der Waals surface area (Å²) in [6.45, 7) is 2.25. The third kappa shape index (κ3) is 4.31. The van der Waals surface area contributed by atoms with Gasteiger partial charge >= 0.3 is 5.97 Å². The molecule has 2 atom stereocenters. The van der Waals surface area contributed by atoms with Crippen LogP contribution < -0.4 is 5.73 Å². The zero-order chi connectivity index (χ0) is 9.56. The van der Waals surface area contributed by atoms with Crippen molar-refractivity contribution in [3.8, 4) is 0 Å². The first-order chi connectivity index (χ1) is 5.61. The van der Waals surface area contributed by atoms with Crippen molar-refractivity contribution in [3.05, 3.63) is 0 Å². The van der Waals surface area contributed by atoms with Crippen molar-refractivity contribution in [1.82, 2.24) is 0 Å². The molecular formula is C8H17NO3. The van der Waals surface area contributed by atoms with Crippen LogP contribution in [0.25, 0.3) is 0 Å². The summed E-state index contributed by atoms with van der Waals surface area (Å²) < 4.78 is 0. The maximum atomic E-state index is 10.6. The summed E-state index contributed by atoms with van der Waals surface area (Å²) in [5, 5.41) is 17.4. The Morgan fingerprint density at radius 3 is 2.50 bits per heavy atom. The maximum Gasteiger partial charge on any atom is 0.306 e. The Morgan fingerprint density at radius 2 is 2.17 bits per heavy atom. The molecule has 0 radical (unpaired) electrons. The van der Waals surface area contributed by atoms with Crippen LogP contribution in [0.2, 0.25) is 0 Å². The topological polar surface area (TPSA) is 83.5 Å². The first-order valence-electron chi connectivity index (χ1n) is 4.15. The molecule has 0 amide bonds. The third-order valence-corrected chi connectivity index (χ3v) is 1.86. The molecule has 0 rings (SSSR count). The number of carbonyl (C=O) groups is 1. The number of carboxylic acid groups (broad SMARTS) is 1. The van der Waals surface area contributed by atoms with Gasteiger partial charge in [-0.15, -0.1) is 0 Å². The van der Waals surface area contributed by atoms with E-state index in [4.69, 9.17) is 15.9 Å². The molecule has 0 aliphatic rings. The summed E-state index contributed by atoms with van der Waals surface area (Å²) >= 11 is 0. The van der Waals surface area contributed by atoms with Gasteiger partial charge in [-0.05, 0) is 25.3 Å². The van der Waals surface area contributed by atoms with E-state index in [1.807, 2.05) is 6.92 Å². The van der Waals surface area contributed by atoms with Crippen molar-refractivity contribution in [2.75, 3.05) is 13.2 Å². The van der Waals surface area contributed by atoms with Crippen LogP contribution in [0.1, 0.15) is 19.8 Å². The van der Waals surface area contributed by atoms with Gasteiger partial charge in [-0.1, -0.05) is 6.92 Å². The number of nitrogens with two attached hydrogens (primary N) is 1. The summed E-state index contributed by atoms with van der Waals surface area (Å²) in [6, 6.07) is 0. The molecule has 0 heterocycles. The maximum absolute atomic E-state index is 10.6. The number of rotatable bonds is 6. The van der Waals surface area contributed by atoms with Crippen LogP contribution in [0.3, 0.4) is 0 Å². The Kier molecular flexibility index (Phi) is 5.66. The fraction of sp³-hybridized carbons (Fsp3) is 0.875. The Bertz CT molecular complexity index is 138. The van der Waals surface area contributed by atoms with Crippen LogP contribution in [0.15, 0.2) is 0 Å². The molecule has 0 aliphatic carbocycles. The van der Waals surface area contributed by atoms with Crippen molar-refractivity contribution < 1.29 is 15.0 Å². The predicted octanol–water partition coefficient (Wildman–Crippen LogP) is 0.0545. The minimum atomic E-state index is -0.819. The second-order valence-electron chi connectivity index (χ2n) is 3.14. The number of hydrogen-bond donors (Lipinski definition) is 3. The lowest BCUT2D eigenvalue weighted by Crippen LogP contribution is -2.21. The van der Waals surface area contributed by atoms with E-state index in [1.165, 1.54) is 0 Å². The van der Waals surface area contributed by atoms with E-state index in [1.54, 1.807) is 0 Å². The summed E-state index contributed by atoms with van der Waals surface area (Å²) in [5.41, 5.74) is 5.26. The lowest BCUT2D eigenvalue weighted by molar-refractivity contribution is -0.142. The minimum Gasteiger partial charge on any atom is -0.481 e. The second-order valence-corrected chi connectivity index (χ2v) is 3.14. The number of hydrogen-bond acceptors (Lipinski definition) is 3.